The molecule has 0 spiro atoms. The van der Waals surface area contributed by atoms with Crippen LogP contribution in [0.25, 0.3) is 0 Å². The van der Waals surface area contributed by atoms with Crippen LogP contribution in [0.15, 0.2) is 53.4 Å². The molecular weight excluding hydrogens is 358 g/mol. The molecule has 0 amide bonds. The molecule has 6 heteroatoms. The van der Waals surface area contributed by atoms with Crippen molar-refractivity contribution >= 4 is 15.7 Å². The predicted molar refractivity (Wildman–Crippen MR) is 110 cm³/mol. The van der Waals surface area contributed by atoms with Crippen LogP contribution in [0.1, 0.15) is 43.9 Å². The van der Waals surface area contributed by atoms with Gasteiger partial charge in [0, 0.05) is 37.9 Å². The van der Waals surface area contributed by atoms with Crippen molar-refractivity contribution in [3.8, 4) is 0 Å². The third kappa shape index (κ3) is 4.34. The summed E-state index contributed by atoms with van der Waals surface area (Å²) in [5.41, 5.74) is 8.84. The molecule has 1 aliphatic heterocycles. The summed E-state index contributed by atoms with van der Waals surface area (Å²) in [4.78, 5) is 2.65. The highest BCUT2D eigenvalue weighted by molar-refractivity contribution is 7.89. The molecule has 146 valence electrons. The lowest BCUT2D eigenvalue weighted by Gasteiger charge is -2.37. The maximum atomic E-state index is 12.8. The van der Waals surface area contributed by atoms with E-state index in [-0.39, 0.29) is 6.04 Å². The van der Waals surface area contributed by atoms with Gasteiger partial charge >= 0.3 is 0 Å². The molecule has 5 nitrogen and oxygen atoms in total. The van der Waals surface area contributed by atoms with Crippen molar-refractivity contribution in [3.63, 3.8) is 0 Å². The van der Waals surface area contributed by atoms with Crippen LogP contribution in [0, 0.1) is 0 Å². The average Bonchev–Trinajstić information content (AvgIpc) is 2.68. The Morgan fingerprint density at radius 3 is 1.85 bits per heavy atom. The molecule has 1 atom stereocenters. The predicted octanol–water partition coefficient (Wildman–Crippen LogP) is 3.46. The van der Waals surface area contributed by atoms with Crippen LogP contribution in [0.3, 0.4) is 0 Å². The number of sulfonamides is 1. The molecule has 2 aromatic rings. The van der Waals surface area contributed by atoms with Crippen molar-refractivity contribution in [2.45, 2.75) is 37.6 Å². The first kappa shape index (κ1) is 19.9. The minimum Gasteiger partial charge on any atom is -0.399 e. The zero-order valence-corrected chi connectivity index (χ0v) is 17.1. The third-order valence-electron chi connectivity index (χ3n) is 5.42. The fourth-order valence-corrected chi connectivity index (χ4v) is 4.91. The van der Waals surface area contributed by atoms with E-state index in [1.165, 1.54) is 11.1 Å². The van der Waals surface area contributed by atoms with E-state index in [4.69, 9.17) is 5.73 Å². The molecule has 1 heterocycles. The molecule has 1 aliphatic rings. The molecule has 0 aliphatic carbocycles. The van der Waals surface area contributed by atoms with E-state index in [1.807, 2.05) is 0 Å². The van der Waals surface area contributed by atoms with E-state index in [2.05, 4.69) is 49.9 Å². The summed E-state index contributed by atoms with van der Waals surface area (Å²) in [5.74, 6) is 0.524. The monoisotopic (exact) mass is 387 g/mol. The lowest BCUT2D eigenvalue weighted by Crippen LogP contribution is -2.49. The van der Waals surface area contributed by atoms with Crippen molar-refractivity contribution < 1.29 is 8.42 Å². The van der Waals surface area contributed by atoms with Gasteiger partial charge in [-0.1, -0.05) is 38.1 Å². The summed E-state index contributed by atoms with van der Waals surface area (Å²) in [6, 6.07) is 15.5. The number of benzene rings is 2. The van der Waals surface area contributed by atoms with Crippen LogP contribution < -0.4 is 5.73 Å². The maximum Gasteiger partial charge on any atom is 0.243 e. The molecule has 27 heavy (non-hydrogen) atoms. The Hall–Kier alpha value is -1.89. The average molecular weight is 388 g/mol. The van der Waals surface area contributed by atoms with Gasteiger partial charge in [0.1, 0.15) is 0 Å². The fraction of sp³-hybridized carbons (Fsp3) is 0.429. The topological polar surface area (TPSA) is 66.6 Å². The molecule has 1 saturated heterocycles. The van der Waals surface area contributed by atoms with E-state index >= 15 is 0 Å². The van der Waals surface area contributed by atoms with Gasteiger partial charge in [-0.2, -0.15) is 4.31 Å². The van der Waals surface area contributed by atoms with E-state index < -0.39 is 10.0 Å². The van der Waals surface area contributed by atoms with Crippen LogP contribution in [0.2, 0.25) is 0 Å². The Morgan fingerprint density at radius 1 is 0.815 bits per heavy atom. The Bertz CT molecular complexity index is 853. The highest BCUT2D eigenvalue weighted by Crippen LogP contribution is 2.26. The molecular formula is C21H29N3O2S. The Morgan fingerprint density at radius 2 is 1.33 bits per heavy atom. The van der Waals surface area contributed by atoms with Gasteiger partial charge in [0.15, 0.2) is 0 Å². The van der Waals surface area contributed by atoms with Crippen molar-refractivity contribution in [3.05, 3.63) is 59.7 Å². The number of piperazine rings is 1. The first-order valence-corrected chi connectivity index (χ1v) is 10.9. The quantitative estimate of drug-likeness (QED) is 0.798. The largest absolute Gasteiger partial charge is 0.399 e. The second kappa shape index (κ2) is 8.00. The van der Waals surface area contributed by atoms with Crippen molar-refractivity contribution in [2.75, 3.05) is 31.9 Å². The summed E-state index contributed by atoms with van der Waals surface area (Å²) in [5, 5.41) is 0. The number of hydrogen-bond acceptors (Lipinski definition) is 4. The van der Waals surface area contributed by atoms with E-state index in [0.29, 0.717) is 29.6 Å². The maximum absolute atomic E-state index is 12.8. The molecule has 1 unspecified atom stereocenters. The van der Waals surface area contributed by atoms with Gasteiger partial charge in [0.05, 0.1) is 4.90 Å². The molecule has 0 bridgehead atoms. The Kier molecular flexibility index (Phi) is 5.89. The highest BCUT2D eigenvalue weighted by atomic mass is 32.2. The van der Waals surface area contributed by atoms with Gasteiger partial charge in [-0.3, -0.25) is 4.90 Å². The zero-order valence-electron chi connectivity index (χ0n) is 16.3. The van der Waals surface area contributed by atoms with E-state index in [9.17, 15) is 8.42 Å². The standard InChI is InChI=1S/C21H29N3O2S/c1-16(2)18-4-6-19(7-5-18)17(3)23-12-14-24(15-13-23)27(25,26)21-10-8-20(22)9-11-21/h4-11,16-17H,12-15,22H2,1-3H3. The molecule has 2 N–H and O–H groups in total. The van der Waals surface area contributed by atoms with Crippen molar-refractivity contribution in [1.82, 2.24) is 9.21 Å². The summed E-state index contributed by atoms with van der Waals surface area (Å²) in [7, 11) is -3.46. The summed E-state index contributed by atoms with van der Waals surface area (Å²) >= 11 is 0. The van der Waals surface area contributed by atoms with Gasteiger partial charge in [0.25, 0.3) is 0 Å². The van der Waals surface area contributed by atoms with Gasteiger partial charge in [-0.25, -0.2) is 8.42 Å². The third-order valence-corrected chi connectivity index (χ3v) is 7.34. The number of anilines is 1. The number of nitrogens with zero attached hydrogens (tertiary/aromatic N) is 2. The van der Waals surface area contributed by atoms with Gasteiger partial charge in [0.2, 0.25) is 10.0 Å². The molecule has 0 radical (unpaired) electrons. The lowest BCUT2D eigenvalue weighted by atomic mass is 9.99. The molecule has 0 aromatic heterocycles. The number of rotatable bonds is 5. The number of nitrogen functional groups attached to an aromatic ring is 1. The van der Waals surface area contributed by atoms with Crippen LogP contribution >= 0.6 is 0 Å². The van der Waals surface area contributed by atoms with Crippen molar-refractivity contribution in [1.29, 1.82) is 0 Å². The molecule has 3 rings (SSSR count). The summed E-state index contributed by atoms with van der Waals surface area (Å²) in [6.07, 6.45) is 0. The zero-order chi connectivity index (χ0) is 19.6. The molecule has 2 aromatic carbocycles. The SMILES string of the molecule is CC(C)c1ccc(C(C)N2CCN(S(=O)(=O)c3ccc(N)cc3)CC2)cc1. The first-order valence-electron chi connectivity index (χ1n) is 9.48. The molecule has 0 saturated carbocycles. The van der Waals surface area contributed by atoms with E-state index in [0.717, 1.165) is 13.1 Å². The van der Waals surface area contributed by atoms with Gasteiger partial charge < -0.3 is 5.73 Å². The molecule has 1 fully saturated rings. The van der Waals surface area contributed by atoms with Crippen LogP contribution in [-0.4, -0.2) is 43.8 Å². The summed E-state index contributed by atoms with van der Waals surface area (Å²) in [6.45, 7) is 9.03. The van der Waals surface area contributed by atoms with Crippen LogP contribution in [0.5, 0.6) is 0 Å². The first-order chi connectivity index (χ1) is 12.8. The van der Waals surface area contributed by atoms with E-state index in [1.54, 1.807) is 28.6 Å². The smallest absolute Gasteiger partial charge is 0.243 e. The minimum absolute atomic E-state index is 0.271. The van der Waals surface area contributed by atoms with Gasteiger partial charge in [-0.05, 0) is 48.2 Å². The Labute approximate surface area is 162 Å². The minimum atomic E-state index is -3.46. The lowest BCUT2D eigenvalue weighted by molar-refractivity contribution is 0.146. The van der Waals surface area contributed by atoms with Crippen LogP contribution in [-0.2, 0) is 10.0 Å². The van der Waals surface area contributed by atoms with Crippen LogP contribution in [0.4, 0.5) is 5.69 Å². The van der Waals surface area contributed by atoms with Crippen molar-refractivity contribution in [2.24, 2.45) is 0 Å². The number of hydrogen-bond donors (Lipinski definition) is 1. The van der Waals surface area contributed by atoms with Gasteiger partial charge in [-0.15, -0.1) is 0 Å². The second-order valence-electron chi connectivity index (χ2n) is 7.51. The number of nitrogens with two attached hydrogens (primary N) is 1. The summed E-state index contributed by atoms with van der Waals surface area (Å²) < 4.78 is 27.2. The Balaban J connectivity index is 1.65. The highest BCUT2D eigenvalue weighted by Gasteiger charge is 2.30. The normalized spacial score (nSPS) is 17.9. The second-order valence-corrected chi connectivity index (χ2v) is 9.44. The fourth-order valence-electron chi connectivity index (χ4n) is 3.49.